The number of aryl methyl sites for hydroxylation is 1. The van der Waals surface area contributed by atoms with Crippen LogP contribution < -0.4 is 5.32 Å². The minimum atomic E-state index is -0.930. The van der Waals surface area contributed by atoms with Gasteiger partial charge >= 0.3 is 5.97 Å². The van der Waals surface area contributed by atoms with E-state index in [1.807, 2.05) is 25.1 Å². The van der Waals surface area contributed by atoms with E-state index < -0.39 is 5.97 Å². The Morgan fingerprint density at radius 1 is 1.44 bits per heavy atom. The van der Waals surface area contributed by atoms with Gasteiger partial charge in [-0.2, -0.15) is 0 Å². The number of aliphatic carboxylic acids is 1. The van der Waals surface area contributed by atoms with E-state index >= 15 is 0 Å². The molecule has 5 heteroatoms. The Labute approximate surface area is 114 Å². The van der Waals surface area contributed by atoms with E-state index in [1.54, 1.807) is 6.08 Å². The van der Waals surface area contributed by atoms with E-state index in [2.05, 4.69) is 21.2 Å². The van der Waals surface area contributed by atoms with Crippen LogP contribution in [0.25, 0.3) is 6.08 Å². The molecule has 0 saturated carbocycles. The number of nitrogens with one attached hydrogen (secondary N) is 1. The van der Waals surface area contributed by atoms with Crippen molar-refractivity contribution in [1.29, 1.82) is 0 Å². The highest BCUT2D eigenvalue weighted by Crippen LogP contribution is 2.19. The van der Waals surface area contributed by atoms with Crippen molar-refractivity contribution in [2.45, 2.75) is 13.3 Å². The summed E-state index contributed by atoms with van der Waals surface area (Å²) in [6.45, 7) is 2.12. The summed E-state index contributed by atoms with van der Waals surface area (Å²) >= 11 is 3.41. The lowest BCUT2D eigenvalue weighted by molar-refractivity contribution is -0.136. The van der Waals surface area contributed by atoms with Gasteiger partial charge in [0, 0.05) is 17.1 Å². The van der Waals surface area contributed by atoms with Crippen LogP contribution in [0.5, 0.6) is 0 Å². The van der Waals surface area contributed by atoms with Crippen LogP contribution in [0.1, 0.15) is 17.5 Å². The van der Waals surface area contributed by atoms with Crippen LogP contribution >= 0.6 is 15.9 Å². The summed E-state index contributed by atoms with van der Waals surface area (Å²) in [6, 6.07) is 5.81. The van der Waals surface area contributed by atoms with E-state index in [1.165, 1.54) is 6.08 Å². The minimum absolute atomic E-state index is 0.0756. The average molecular weight is 312 g/mol. The number of carbonyl (C=O) groups excluding carboxylic acids is 1. The molecule has 1 rings (SSSR count). The summed E-state index contributed by atoms with van der Waals surface area (Å²) in [7, 11) is 0. The second kappa shape index (κ2) is 6.96. The summed E-state index contributed by atoms with van der Waals surface area (Å²) < 4.78 is 0.914. The molecule has 2 N–H and O–H groups in total. The average Bonchev–Trinajstić information content (AvgIpc) is 2.27. The first-order chi connectivity index (χ1) is 8.49. The Morgan fingerprint density at radius 3 is 2.78 bits per heavy atom. The first-order valence-electron chi connectivity index (χ1n) is 5.43. The van der Waals surface area contributed by atoms with Crippen molar-refractivity contribution in [3.05, 3.63) is 39.9 Å². The first-order valence-corrected chi connectivity index (χ1v) is 6.22. The maximum absolute atomic E-state index is 11.4. The fourth-order valence-electron chi connectivity index (χ4n) is 1.28. The highest BCUT2D eigenvalue weighted by molar-refractivity contribution is 9.10. The van der Waals surface area contributed by atoms with Gasteiger partial charge in [0.25, 0.3) is 0 Å². The third kappa shape index (κ3) is 5.14. The SMILES string of the molecule is Cc1ccc(/C=C/C(=O)NCCC(=O)O)c(Br)c1. The zero-order valence-corrected chi connectivity index (χ0v) is 11.5. The molecule has 0 radical (unpaired) electrons. The van der Waals surface area contributed by atoms with Gasteiger partial charge in [-0.05, 0) is 30.2 Å². The van der Waals surface area contributed by atoms with E-state index in [0.29, 0.717) is 0 Å². The topological polar surface area (TPSA) is 66.4 Å². The molecule has 0 atom stereocenters. The van der Waals surface area contributed by atoms with Crippen LogP contribution in [0.15, 0.2) is 28.7 Å². The minimum Gasteiger partial charge on any atom is -0.481 e. The quantitative estimate of drug-likeness (QED) is 0.820. The highest BCUT2D eigenvalue weighted by Gasteiger charge is 2.00. The molecule has 0 aliphatic heterocycles. The van der Waals surface area contributed by atoms with Gasteiger partial charge in [-0.3, -0.25) is 9.59 Å². The van der Waals surface area contributed by atoms with Crippen molar-refractivity contribution in [3.63, 3.8) is 0 Å². The summed E-state index contributed by atoms with van der Waals surface area (Å²) in [4.78, 5) is 21.6. The first kappa shape index (κ1) is 14.4. The van der Waals surface area contributed by atoms with Crippen LogP contribution in [0, 0.1) is 6.92 Å². The molecule has 0 fully saturated rings. The molecule has 0 saturated heterocycles. The zero-order valence-electron chi connectivity index (χ0n) is 9.94. The number of amides is 1. The molecular formula is C13H14BrNO3. The molecule has 0 bridgehead atoms. The Bertz CT molecular complexity index is 483. The smallest absolute Gasteiger partial charge is 0.305 e. The van der Waals surface area contributed by atoms with Gasteiger partial charge in [-0.25, -0.2) is 0 Å². The molecule has 18 heavy (non-hydrogen) atoms. The van der Waals surface area contributed by atoms with E-state index in [4.69, 9.17) is 5.11 Å². The number of halogens is 1. The number of hydrogen-bond donors (Lipinski definition) is 2. The summed E-state index contributed by atoms with van der Waals surface area (Å²) in [6.07, 6.45) is 2.99. The maximum Gasteiger partial charge on any atom is 0.305 e. The molecule has 1 aromatic carbocycles. The maximum atomic E-state index is 11.4. The fraction of sp³-hybridized carbons (Fsp3) is 0.231. The Kier molecular flexibility index (Phi) is 5.58. The third-order valence-electron chi connectivity index (χ3n) is 2.21. The van der Waals surface area contributed by atoms with Crippen LogP contribution in [0.3, 0.4) is 0 Å². The predicted octanol–water partition coefficient (Wildman–Crippen LogP) is 2.36. The van der Waals surface area contributed by atoms with Gasteiger partial charge < -0.3 is 10.4 Å². The van der Waals surface area contributed by atoms with Crippen LogP contribution in [0.4, 0.5) is 0 Å². The zero-order chi connectivity index (χ0) is 13.5. The monoisotopic (exact) mass is 311 g/mol. The van der Waals surface area contributed by atoms with Gasteiger partial charge in [-0.1, -0.05) is 28.1 Å². The predicted molar refractivity (Wildman–Crippen MR) is 73.2 cm³/mol. The number of carbonyl (C=O) groups is 2. The van der Waals surface area contributed by atoms with E-state index in [-0.39, 0.29) is 18.9 Å². The van der Waals surface area contributed by atoms with Gasteiger partial charge in [0.1, 0.15) is 0 Å². The van der Waals surface area contributed by atoms with Gasteiger partial charge in [0.05, 0.1) is 6.42 Å². The summed E-state index contributed by atoms with van der Waals surface area (Å²) in [5.41, 5.74) is 2.03. The molecule has 0 unspecified atom stereocenters. The van der Waals surface area contributed by atoms with Crippen molar-refractivity contribution in [2.24, 2.45) is 0 Å². The van der Waals surface area contributed by atoms with Crippen LogP contribution in [-0.2, 0) is 9.59 Å². The van der Waals surface area contributed by atoms with E-state index in [9.17, 15) is 9.59 Å². The summed E-state index contributed by atoms with van der Waals surface area (Å²) in [5, 5.41) is 10.9. The number of carboxylic acids is 1. The van der Waals surface area contributed by atoms with Crippen molar-refractivity contribution >= 4 is 33.9 Å². The molecule has 96 valence electrons. The molecule has 0 spiro atoms. The van der Waals surface area contributed by atoms with Crippen LogP contribution in [0.2, 0.25) is 0 Å². The van der Waals surface area contributed by atoms with Gasteiger partial charge in [0.15, 0.2) is 0 Å². The standard InChI is InChI=1S/C13H14BrNO3/c1-9-2-3-10(11(14)8-9)4-5-12(16)15-7-6-13(17)18/h2-5,8H,6-7H2,1H3,(H,15,16)(H,17,18)/b5-4+. The molecule has 0 aromatic heterocycles. The third-order valence-corrected chi connectivity index (χ3v) is 2.90. The molecule has 4 nitrogen and oxygen atoms in total. The van der Waals surface area contributed by atoms with Crippen LogP contribution in [-0.4, -0.2) is 23.5 Å². The van der Waals surface area contributed by atoms with E-state index in [0.717, 1.165) is 15.6 Å². The van der Waals surface area contributed by atoms with Crippen molar-refractivity contribution < 1.29 is 14.7 Å². The Morgan fingerprint density at radius 2 is 2.17 bits per heavy atom. The molecule has 1 amide bonds. The van der Waals surface area contributed by atoms with Crippen molar-refractivity contribution in [3.8, 4) is 0 Å². The number of benzene rings is 1. The second-order valence-electron chi connectivity index (χ2n) is 3.79. The van der Waals surface area contributed by atoms with Crippen molar-refractivity contribution in [2.75, 3.05) is 6.54 Å². The second-order valence-corrected chi connectivity index (χ2v) is 4.65. The Balaban J connectivity index is 2.53. The number of hydrogen-bond acceptors (Lipinski definition) is 2. The summed E-state index contributed by atoms with van der Waals surface area (Å²) in [5.74, 6) is -1.23. The number of carboxylic acid groups (broad SMARTS) is 1. The van der Waals surface area contributed by atoms with Gasteiger partial charge in [-0.15, -0.1) is 0 Å². The molecule has 0 heterocycles. The van der Waals surface area contributed by atoms with Gasteiger partial charge in [0.2, 0.25) is 5.91 Å². The lowest BCUT2D eigenvalue weighted by Crippen LogP contribution is -2.23. The largest absolute Gasteiger partial charge is 0.481 e. The fourth-order valence-corrected chi connectivity index (χ4v) is 1.91. The normalized spacial score (nSPS) is 10.6. The molecule has 1 aromatic rings. The molecular weight excluding hydrogens is 298 g/mol. The lowest BCUT2D eigenvalue weighted by atomic mass is 10.1. The highest BCUT2D eigenvalue weighted by atomic mass is 79.9. The van der Waals surface area contributed by atoms with Crippen molar-refractivity contribution in [1.82, 2.24) is 5.32 Å². The lowest BCUT2D eigenvalue weighted by Gasteiger charge is -2.01. The Hall–Kier alpha value is -1.62. The molecule has 0 aliphatic rings. The number of rotatable bonds is 5. The molecule has 0 aliphatic carbocycles.